The van der Waals surface area contributed by atoms with Crippen molar-refractivity contribution in [2.24, 2.45) is 11.8 Å². The summed E-state index contributed by atoms with van der Waals surface area (Å²) in [4.78, 5) is 18.9. The lowest BCUT2D eigenvalue weighted by molar-refractivity contribution is -0.132. The predicted octanol–water partition coefficient (Wildman–Crippen LogP) is 2.43. The Morgan fingerprint density at radius 3 is 2.60 bits per heavy atom. The summed E-state index contributed by atoms with van der Waals surface area (Å²) < 4.78 is 11.3. The van der Waals surface area contributed by atoms with Crippen molar-refractivity contribution in [2.45, 2.75) is 59.1 Å². The van der Waals surface area contributed by atoms with Crippen LogP contribution in [0, 0.1) is 25.7 Å². The molecule has 1 N–H and O–H groups in total. The van der Waals surface area contributed by atoms with E-state index in [2.05, 4.69) is 15.2 Å². The SMILES string of the molecule is Cc1nc(CN2CCC(CNC(=O)[C@@H](C)OCC3CC3)CC2)oc1C. The van der Waals surface area contributed by atoms with Crippen molar-refractivity contribution < 1.29 is 13.9 Å². The van der Waals surface area contributed by atoms with Gasteiger partial charge in [0.25, 0.3) is 0 Å². The second-order valence-electron chi connectivity index (χ2n) is 7.63. The van der Waals surface area contributed by atoms with E-state index in [1.807, 2.05) is 20.8 Å². The quantitative estimate of drug-likeness (QED) is 0.781. The van der Waals surface area contributed by atoms with Crippen LogP contribution in [0.5, 0.6) is 0 Å². The second-order valence-corrected chi connectivity index (χ2v) is 7.63. The summed E-state index contributed by atoms with van der Waals surface area (Å²) >= 11 is 0. The summed E-state index contributed by atoms with van der Waals surface area (Å²) in [6.07, 6.45) is 4.35. The Hall–Kier alpha value is -1.40. The minimum atomic E-state index is -0.336. The zero-order chi connectivity index (χ0) is 17.8. The maximum absolute atomic E-state index is 12.1. The van der Waals surface area contributed by atoms with Gasteiger partial charge in [0.1, 0.15) is 11.9 Å². The molecule has 0 aromatic carbocycles. The highest BCUT2D eigenvalue weighted by Crippen LogP contribution is 2.29. The number of nitrogens with zero attached hydrogens (tertiary/aromatic N) is 2. The number of carbonyl (C=O) groups is 1. The number of rotatable bonds is 8. The number of likely N-dealkylation sites (tertiary alicyclic amines) is 1. The van der Waals surface area contributed by atoms with E-state index < -0.39 is 0 Å². The van der Waals surface area contributed by atoms with Crippen LogP contribution < -0.4 is 5.32 Å². The Labute approximate surface area is 150 Å². The molecule has 1 saturated carbocycles. The highest BCUT2D eigenvalue weighted by molar-refractivity contribution is 5.80. The Bertz CT molecular complexity index is 555. The Kier molecular flexibility index (Phi) is 6.12. The summed E-state index contributed by atoms with van der Waals surface area (Å²) in [6, 6.07) is 0. The van der Waals surface area contributed by atoms with E-state index >= 15 is 0 Å². The third-order valence-electron chi connectivity index (χ3n) is 5.35. The Morgan fingerprint density at radius 1 is 1.28 bits per heavy atom. The molecule has 1 amide bonds. The van der Waals surface area contributed by atoms with Gasteiger partial charge < -0.3 is 14.5 Å². The molecule has 1 aliphatic carbocycles. The van der Waals surface area contributed by atoms with Gasteiger partial charge in [0, 0.05) is 6.54 Å². The summed E-state index contributed by atoms with van der Waals surface area (Å²) in [5.41, 5.74) is 0.977. The first-order chi connectivity index (χ1) is 12.0. The van der Waals surface area contributed by atoms with E-state index in [1.165, 1.54) is 12.8 Å². The molecule has 25 heavy (non-hydrogen) atoms. The van der Waals surface area contributed by atoms with Gasteiger partial charge in [-0.1, -0.05) is 0 Å². The van der Waals surface area contributed by atoms with E-state index in [1.54, 1.807) is 0 Å². The molecule has 3 rings (SSSR count). The number of nitrogens with one attached hydrogen (secondary N) is 1. The van der Waals surface area contributed by atoms with Crippen LogP contribution in [0.3, 0.4) is 0 Å². The van der Waals surface area contributed by atoms with Crippen LogP contribution in [0.25, 0.3) is 0 Å². The van der Waals surface area contributed by atoms with Crippen LogP contribution in [0.15, 0.2) is 4.42 Å². The highest BCUT2D eigenvalue weighted by Gasteiger charge is 2.25. The standard InChI is InChI=1S/C19H31N3O3/c1-13-14(2)25-18(21-13)11-22-8-6-16(7-9-22)10-20-19(23)15(3)24-12-17-4-5-17/h15-17H,4-12H2,1-3H3,(H,20,23)/t15-/m1/s1. The van der Waals surface area contributed by atoms with E-state index in [0.29, 0.717) is 11.8 Å². The molecule has 6 nitrogen and oxygen atoms in total. The average Bonchev–Trinajstić information content (AvgIpc) is 3.37. The van der Waals surface area contributed by atoms with Crippen molar-refractivity contribution >= 4 is 5.91 Å². The molecule has 1 aromatic rings. The monoisotopic (exact) mass is 349 g/mol. The summed E-state index contributed by atoms with van der Waals surface area (Å²) in [5.74, 6) is 2.97. The lowest BCUT2D eigenvalue weighted by Gasteiger charge is -2.31. The number of aromatic nitrogens is 1. The van der Waals surface area contributed by atoms with Gasteiger partial charge >= 0.3 is 0 Å². The third kappa shape index (κ3) is 5.54. The van der Waals surface area contributed by atoms with Crippen molar-refractivity contribution in [1.82, 2.24) is 15.2 Å². The van der Waals surface area contributed by atoms with E-state index in [9.17, 15) is 4.79 Å². The molecule has 2 fully saturated rings. The van der Waals surface area contributed by atoms with Crippen molar-refractivity contribution in [3.05, 3.63) is 17.3 Å². The molecule has 0 bridgehead atoms. The zero-order valence-corrected chi connectivity index (χ0v) is 15.7. The fraction of sp³-hybridized carbons (Fsp3) is 0.789. The summed E-state index contributed by atoms with van der Waals surface area (Å²) in [5, 5.41) is 3.06. The fourth-order valence-electron chi connectivity index (χ4n) is 3.18. The number of aryl methyl sites for hydroxylation is 2. The lowest BCUT2D eigenvalue weighted by Crippen LogP contribution is -2.41. The zero-order valence-electron chi connectivity index (χ0n) is 15.7. The van der Waals surface area contributed by atoms with Crippen molar-refractivity contribution in [1.29, 1.82) is 0 Å². The third-order valence-corrected chi connectivity index (χ3v) is 5.35. The normalized spacial score (nSPS) is 20.6. The molecule has 140 valence electrons. The summed E-state index contributed by atoms with van der Waals surface area (Å²) in [7, 11) is 0. The molecule has 0 unspecified atom stereocenters. The number of carbonyl (C=O) groups excluding carboxylic acids is 1. The topological polar surface area (TPSA) is 67.6 Å². The number of hydrogen-bond acceptors (Lipinski definition) is 5. The molecule has 0 spiro atoms. The predicted molar refractivity (Wildman–Crippen MR) is 95.1 cm³/mol. The number of oxazole rings is 1. The number of hydrogen-bond donors (Lipinski definition) is 1. The van der Waals surface area contributed by atoms with Crippen LogP contribution >= 0.6 is 0 Å². The first-order valence-electron chi connectivity index (χ1n) is 9.56. The second kappa shape index (κ2) is 8.32. The average molecular weight is 349 g/mol. The molecule has 1 aromatic heterocycles. The van der Waals surface area contributed by atoms with E-state index in [-0.39, 0.29) is 12.0 Å². The van der Waals surface area contributed by atoms with Gasteiger partial charge in [-0.15, -0.1) is 0 Å². The molecular formula is C19H31N3O3. The lowest BCUT2D eigenvalue weighted by atomic mass is 9.96. The minimum Gasteiger partial charge on any atom is -0.444 e. The van der Waals surface area contributed by atoms with Gasteiger partial charge in [-0.05, 0) is 71.4 Å². The van der Waals surface area contributed by atoms with Crippen molar-refractivity contribution in [3.8, 4) is 0 Å². The van der Waals surface area contributed by atoms with Gasteiger partial charge in [0.05, 0.1) is 18.8 Å². The van der Waals surface area contributed by atoms with Crippen LogP contribution in [0.4, 0.5) is 0 Å². The van der Waals surface area contributed by atoms with E-state index in [0.717, 1.165) is 63.0 Å². The highest BCUT2D eigenvalue weighted by atomic mass is 16.5. The molecule has 2 aliphatic rings. The number of ether oxygens (including phenoxy) is 1. The number of piperidine rings is 1. The summed E-state index contributed by atoms with van der Waals surface area (Å²) in [6.45, 7) is 10.1. The van der Waals surface area contributed by atoms with Crippen LogP contribution in [0.1, 0.15) is 50.0 Å². The van der Waals surface area contributed by atoms with Gasteiger partial charge in [0.15, 0.2) is 0 Å². The first-order valence-corrected chi connectivity index (χ1v) is 9.56. The minimum absolute atomic E-state index is 0.0221. The first kappa shape index (κ1) is 18.4. The molecule has 1 aliphatic heterocycles. The maximum Gasteiger partial charge on any atom is 0.248 e. The van der Waals surface area contributed by atoms with E-state index in [4.69, 9.17) is 9.15 Å². The van der Waals surface area contributed by atoms with Crippen molar-refractivity contribution in [2.75, 3.05) is 26.2 Å². The van der Waals surface area contributed by atoms with Crippen LogP contribution in [-0.4, -0.2) is 48.1 Å². The Balaban J connectivity index is 1.32. The van der Waals surface area contributed by atoms with Gasteiger partial charge in [-0.25, -0.2) is 4.98 Å². The van der Waals surface area contributed by atoms with Crippen molar-refractivity contribution in [3.63, 3.8) is 0 Å². The largest absolute Gasteiger partial charge is 0.444 e. The molecule has 2 heterocycles. The molecule has 0 radical (unpaired) electrons. The fourth-order valence-corrected chi connectivity index (χ4v) is 3.18. The van der Waals surface area contributed by atoms with Gasteiger partial charge in [-0.2, -0.15) is 0 Å². The number of amides is 1. The van der Waals surface area contributed by atoms with Crippen LogP contribution in [0.2, 0.25) is 0 Å². The maximum atomic E-state index is 12.1. The molecular weight excluding hydrogens is 318 g/mol. The molecule has 1 atom stereocenters. The molecule has 1 saturated heterocycles. The van der Waals surface area contributed by atoms with Gasteiger partial charge in [-0.3, -0.25) is 9.69 Å². The smallest absolute Gasteiger partial charge is 0.248 e. The Morgan fingerprint density at radius 2 is 2.00 bits per heavy atom. The van der Waals surface area contributed by atoms with Gasteiger partial charge in [0.2, 0.25) is 11.8 Å². The van der Waals surface area contributed by atoms with Crippen LogP contribution in [-0.2, 0) is 16.1 Å². The molecule has 6 heteroatoms.